The Morgan fingerprint density at radius 1 is 1.06 bits per heavy atom. The van der Waals surface area contributed by atoms with Crippen LogP contribution in [0.2, 0.25) is 0 Å². The van der Waals surface area contributed by atoms with Gasteiger partial charge in [-0.2, -0.15) is 0 Å². The third kappa shape index (κ3) is 3.23. The van der Waals surface area contributed by atoms with E-state index in [1.165, 1.54) is 16.2 Å². The van der Waals surface area contributed by atoms with Gasteiger partial charge in [0, 0.05) is 5.56 Å². The van der Waals surface area contributed by atoms with Crippen LogP contribution in [0.1, 0.15) is 22.2 Å². The van der Waals surface area contributed by atoms with Crippen LogP contribution in [0.3, 0.4) is 0 Å². The van der Waals surface area contributed by atoms with Crippen LogP contribution in [0.15, 0.2) is 54.1 Å². The molecule has 0 bridgehead atoms. The Hall–Kier alpha value is -3.72. The smallest absolute Gasteiger partial charge is 0.301 e. The lowest BCUT2D eigenvalue weighted by Crippen LogP contribution is -2.29. The number of aliphatic hydroxyl groups excluding tert-OH is 1. The van der Waals surface area contributed by atoms with Crippen molar-refractivity contribution in [3.05, 3.63) is 70.2 Å². The van der Waals surface area contributed by atoms with Crippen LogP contribution >= 0.6 is 11.3 Å². The van der Waals surface area contributed by atoms with Gasteiger partial charge < -0.3 is 14.6 Å². The number of aliphatic hydroxyl groups is 1. The summed E-state index contributed by atoms with van der Waals surface area (Å²) < 4.78 is 11.1. The van der Waals surface area contributed by atoms with Gasteiger partial charge in [0.1, 0.15) is 24.0 Å². The molecule has 3 heterocycles. The highest BCUT2D eigenvalue weighted by Crippen LogP contribution is 2.43. The summed E-state index contributed by atoms with van der Waals surface area (Å²) in [5, 5.41) is 20.2. The van der Waals surface area contributed by atoms with E-state index in [9.17, 15) is 14.7 Å². The molecule has 0 spiro atoms. The first-order valence-corrected chi connectivity index (χ1v) is 10.4. The summed E-state index contributed by atoms with van der Waals surface area (Å²) in [4.78, 5) is 27.4. The summed E-state index contributed by atoms with van der Waals surface area (Å²) in [7, 11) is 0. The lowest BCUT2D eigenvalue weighted by atomic mass is 9.95. The van der Waals surface area contributed by atoms with Crippen molar-refractivity contribution in [3.63, 3.8) is 0 Å². The van der Waals surface area contributed by atoms with Gasteiger partial charge in [-0.05, 0) is 30.7 Å². The van der Waals surface area contributed by atoms with Crippen LogP contribution in [-0.2, 0) is 9.59 Å². The number of hydrogen-bond acceptors (Lipinski definition) is 8. The molecule has 0 radical (unpaired) electrons. The highest BCUT2D eigenvalue weighted by Gasteiger charge is 2.48. The van der Waals surface area contributed by atoms with Gasteiger partial charge in [-0.15, -0.1) is 10.2 Å². The Kier molecular flexibility index (Phi) is 4.67. The van der Waals surface area contributed by atoms with E-state index in [-0.39, 0.29) is 11.3 Å². The standard InChI is InChI=1S/C22H17N3O5S/c1-12-23-24-22(31-12)25-18(13-5-3-2-4-6-13)17(20(27)21(25)28)19(26)14-7-8-15-16(11-14)30-10-9-29-15/h2-8,11,18,26H,9-10H2,1H3/b19-17+. The number of carbonyl (C=O) groups excluding carboxylic acids is 2. The molecule has 0 saturated carbocycles. The van der Waals surface area contributed by atoms with Crippen molar-refractivity contribution in [3.8, 4) is 11.5 Å². The Bertz CT molecular complexity index is 1220. The van der Waals surface area contributed by atoms with Gasteiger partial charge in [-0.1, -0.05) is 41.7 Å². The van der Waals surface area contributed by atoms with Crippen LogP contribution in [0, 0.1) is 6.92 Å². The monoisotopic (exact) mass is 435 g/mol. The number of amides is 1. The molecular formula is C22H17N3O5S. The van der Waals surface area contributed by atoms with Crippen molar-refractivity contribution in [2.45, 2.75) is 13.0 Å². The Balaban J connectivity index is 1.68. The first-order valence-electron chi connectivity index (χ1n) is 9.60. The maximum Gasteiger partial charge on any atom is 0.301 e. The average molecular weight is 435 g/mol. The molecule has 1 amide bonds. The van der Waals surface area contributed by atoms with Crippen molar-refractivity contribution in [1.29, 1.82) is 0 Å². The zero-order valence-corrected chi connectivity index (χ0v) is 17.3. The number of ether oxygens (including phenoxy) is 2. The first-order chi connectivity index (χ1) is 15.0. The third-order valence-corrected chi connectivity index (χ3v) is 5.93. The molecule has 0 aliphatic carbocycles. The van der Waals surface area contributed by atoms with Gasteiger partial charge in [-0.3, -0.25) is 14.5 Å². The summed E-state index contributed by atoms with van der Waals surface area (Å²) in [5.74, 6) is -0.793. The van der Waals surface area contributed by atoms with Crippen LogP contribution in [-0.4, -0.2) is 40.2 Å². The van der Waals surface area contributed by atoms with Crippen molar-refractivity contribution in [2.24, 2.45) is 0 Å². The molecule has 1 atom stereocenters. The fourth-order valence-electron chi connectivity index (χ4n) is 3.71. The number of aromatic nitrogens is 2. The SMILES string of the molecule is Cc1nnc(N2C(=O)C(=O)/C(=C(/O)c3ccc4c(c3)OCCO4)C2c2ccccc2)s1. The summed E-state index contributed by atoms with van der Waals surface area (Å²) >= 11 is 1.21. The van der Waals surface area contributed by atoms with Crippen molar-refractivity contribution < 1.29 is 24.2 Å². The lowest BCUT2D eigenvalue weighted by Gasteiger charge is -2.23. The van der Waals surface area contributed by atoms with Gasteiger partial charge in [0.15, 0.2) is 11.5 Å². The van der Waals surface area contributed by atoms with E-state index >= 15 is 0 Å². The van der Waals surface area contributed by atoms with Crippen LogP contribution in [0.4, 0.5) is 5.13 Å². The minimum absolute atomic E-state index is 0.0132. The summed E-state index contributed by atoms with van der Waals surface area (Å²) in [6.07, 6.45) is 0. The molecule has 2 aliphatic heterocycles. The molecule has 3 aromatic rings. The maximum atomic E-state index is 13.1. The Labute approximate surface area is 181 Å². The topological polar surface area (TPSA) is 102 Å². The molecule has 1 aromatic heterocycles. The van der Waals surface area contributed by atoms with E-state index in [0.29, 0.717) is 46.0 Å². The number of anilines is 1. The molecule has 156 valence electrons. The molecule has 31 heavy (non-hydrogen) atoms. The number of benzene rings is 2. The maximum absolute atomic E-state index is 13.1. The molecule has 1 saturated heterocycles. The number of fused-ring (bicyclic) bond motifs is 1. The Morgan fingerprint density at radius 2 is 1.81 bits per heavy atom. The number of carbonyl (C=O) groups is 2. The lowest BCUT2D eigenvalue weighted by molar-refractivity contribution is -0.132. The van der Waals surface area contributed by atoms with E-state index in [4.69, 9.17) is 9.47 Å². The largest absolute Gasteiger partial charge is 0.507 e. The van der Waals surface area contributed by atoms with E-state index in [1.807, 2.05) is 18.2 Å². The van der Waals surface area contributed by atoms with E-state index in [2.05, 4.69) is 10.2 Å². The predicted octanol–water partition coefficient (Wildman–Crippen LogP) is 3.24. The Morgan fingerprint density at radius 3 is 2.52 bits per heavy atom. The van der Waals surface area contributed by atoms with Crippen LogP contribution in [0.5, 0.6) is 11.5 Å². The van der Waals surface area contributed by atoms with Gasteiger partial charge >= 0.3 is 5.91 Å². The van der Waals surface area contributed by atoms with Gasteiger partial charge in [-0.25, -0.2) is 0 Å². The van der Waals surface area contributed by atoms with E-state index < -0.39 is 17.7 Å². The molecule has 5 rings (SSSR count). The van der Waals surface area contributed by atoms with Gasteiger partial charge in [0.25, 0.3) is 5.78 Å². The summed E-state index contributed by atoms with van der Waals surface area (Å²) in [6, 6.07) is 13.1. The second-order valence-electron chi connectivity index (χ2n) is 7.04. The van der Waals surface area contributed by atoms with E-state index in [0.717, 1.165) is 0 Å². The van der Waals surface area contributed by atoms with Crippen LogP contribution < -0.4 is 14.4 Å². The fourth-order valence-corrected chi connectivity index (χ4v) is 4.42. The second kappa shape index (κ2) is 7.51. The van der Waals surface area contributed by atoms with Gasteiger partial charge in [0.2, 0.25) is 5.13 Å². The van der Waals surface area contributed by atoms with Crippen molar-refractivity contribution >= 4 is 33.9 Å². The molecule has 1 unspecified atom stereocenters. The number of Topliss-reactive ketones (excluding diaryl/α,β-unsaturated/α-hetero) is 1. The fraction of sp³-hybridized carbons (Fsp3) is 0.182. The van der Waals surface area contributed by atoms with E-state index in [1.54, 1.807) is 37.3 Å². The normalized spacial score (nSPS) is 19.6. The molecule has 8 nitrogen and oxygen atoms in total. The minimum atomic E-state index is -0.832. The first kappa shape index (κ1) is 19.3. The molecule has 2 aliphatic rings. The van der Waals surface area contributed by atoms with Crippen molar-refractivity contribution in [2.75, 3.05) is 18.1 Å². The highest BCUT2D eigenvalue weighted by molar-refractivity contribution is 7.15. The quantitative estimate of drug-likeness (QED) is 0.383. The summed E-state index contributed by atoms with van der Waals surface area (Å²) in [5.41, 5.74) is 1.02. The molecule has 1 N–H and O–H groups in total. The van der Waals surface area contributed by atoms with Gasteiger partial charge in [0.05, 0.1) is 11.6 Å². The zero-order chi connectivity index (χ0) is 21.5. The number of ketones is 1. The number of aryl methyl sites for hydroxylation is 1. The molecule has 1 fully saturated rings. The molecule has 2 aromatic carbocycles. The zero-order valence-electron chi connectivity index (χ0n) is 16.4. The predicted molar refractivity (Wildman–Crippen MR) is 113 cm³/mol. The highest BCUT2D eigenvalue weighted by atomic mass is 32.1. The van der Waals surface area contributed by atoms with Crippen molar-refractivity contribution in [1.82, 2.24) is 10.2 Å². The molecular weight excluding hydrogens is 418 g/mol. The number of hydrogen-bond donors (Lipinski definition) is 1. The number of nitrogens with zero attached hydrogens (tertiary/aromatic N) is 3. The number of rotatable bonds is 3. The second-order valence-corrected chi connectivity index (χ2v) is 8.20. The summed E-state index contributed by atoms with van der Waals surface area (Å²) in [6.45, 7) is 2.60. The molecule has 9 heteroatoms. The average Bonchev–Trinajstić information content (AvgIpc) is 3.34. The third-order valence-electron chi connectivity index (χ3n) is 5.10. The van der Waals surface area contributed by atoms with Crippen LogP contribution in [0.25, 0.3) is 5.76 Å². The minimum Gasteiger partial charge on any atom is -0.507 e.